The van der Waals surface area contributed by atoms with E-state index in [1.54, 1.807) is 24.3 Å². The van der Waals surface area contributed by atoms with Gasteiger partial charge in [-0.05, 0) is 29.8 Å². The second-order valence-electron chi connectivity index (χ2n) is 3.59. The molecule has 0 radical (unpaired) electrons. The third kappa shape index (κ3) is 3.29. The Kier molecular flexibility index (Phi) is 3.77. The van der Waals surface area contributed by atoms with Crippen molar-refractivity contribution in [2.75, 3.05) is 0 Å². The van der Waals surface area contributed by atoms with Gasteiger partial charge in [0.05, 0.1) is 0 Å². The van der Waals surface area contributed by atoms with Crippen LogP contribution in [0.2, 0.25) is 10.2 Å². The number of halogens is 2. The van der Waals surface area contributed by atoms with E-state index >= 15 is 0 Å². The Balaban J connectivity index is 2.14. The van der Waals surface area contributed by atoms with Gasteiger partial charge < -0.3 is 0 Å². The van der Waals surface area contributed by atoms with Crippen LogP contribution in [0.1, 0.15) is 15.9 Å². The van der Waals surface area contributed by atoms with Crippen molar-refractivity contribution < 1.29 is 4.79 Å². The van der Waals surface area contributed by atoms with Gasteiger partial charge in [-0.15, -0.1) is 0 Å². The number of carbonyl (C=O) groups is 1. The highest BCUT2D eigenvalue weighted by atomic mass is 35.5. The first kappa shape index (κ1) is 12.1. The molecule has 0 aliphatic carbocycles. The quantitative estimate of drug-likeness (QED) is 0.624. The van der Waals surface area contributed by atoms with E-state index in [4.69, 9.17) is 23.2 Å². The average Bonchev–Trinajstić information content (AvgIpc) is 2.32. The Morgan fingerprint density at radius 3 is 2.47 bits per heavy atom. The van der Waals surface area contributed by atoms with Crippen LogP contribution in [0.25, 0.3) is 0 Å². The monoisotopic (exact) mass is 265 g/mol. The van der Waals surface area contributed by atoms with E-state index in [9.17, 15) is 4.79 Å². The predicted octanol–water partition coefficient (Wildman–Crippen LogP) is 3.81. The first-order valence-electron chi connectivity index (χ1n) is 5.04. The molecule has 0 saturated heterocycles. The second-order valence-corrected chi connectivity index (χ2v) is 4.42. The van der Waals surface area contributed by atoms with Crippen LogP contribution in [-0.4, -0.2) is 10.8 Å². The molecule has 0 atom stereocenters. The van der Waals surface area contributed by atoms with Gasteiger partial charge >= 0.3 is 0 Å². The highest BCUT2D eigenvalue weighted by molar-refractivity contribution is 6.30. The highest BCUT2D eigenvalue weighted by Gasteiger charge is 2.07. The predicted molar refractivity (Wildman–Crippen MR) is 68.7 cm³/mol. The fraction of sp³-hybridized carbons (Fsp3) is 0.0769. The number of nitrogens with zero attached hydrogens (tertiary/aromatic N) is 1. The van der Waals surface area contributed by atoms with Gasteiger partial charge in [0, 0.05) is 23.2 Å². The fourth-order valence-corrected chi connectivity index (χ4v) is 1.77. The van der Waals surface area contributed by atoms with Crippen LogP contribution < -0.4 is 0 Å². The molecule has 0 fully saturated rings. The van der Waals surface area contributed by atoms with Crippen LogP contribution in [0, 0.1) is 0 Å². The van der Waals surface area contributed by atoms with Crippen molar-refractivity contribution in [2.24, 2.45) is 0 Å². The van der Waals surface area contributed by atoms with E-state index in [1.807, 2.05) is 12.1 Å². The van der Waals surface area contributed by atoms with E-state index < -0.39 is 0 Å². The van der Waals surface area contributed by atoms with Crippen molar-refractivity contribution in [3.63, 3.8) is 0 Å². The van der Waals surface area contributed by atoms with Crippen molar-refractivity contribution in [1.82, 2.24) is 4.98 Å². The van der Waals surface area contributed by atoms with Crippen molar-refractivity contribution in [1.29, 1.82) is 0 Å². The summed E-state index contributed by atoms with van der Waals surface area (Å²) in [5.41, 5.74) is 1.49. The molecule has 0 saturated carbocycles. The summed E-state index contributed by atoms with van der Waals surface area (Å²) in [5.74, 6) is 0.0108. The van der Waals surface area contributed by atoms with Crippen LogP contribution in [0.3, 0.4) is 0 Å². The third-order valence-electron chi connectivity index (χ3n) is 2.33. The summed E-state index contributed by atoms with van der Waals surface area (Å²) >= 11 is 11.5. The summed E-state index contributed by atoms with van der Waals surface area (Å²) in [4.78, 5) is 15.8. The summed E-state index contributed by atoms with van der Waals surface area (Å²) < 4.78 is 0. The minimum Gasteiger partial charge on any atom is -0.294 e. The number of benzene rings is 1. The van der Waals surface area contributed by atoms with Crippen molar-refractivity contribution in [3.8, 4) is 0 Å². The van der Waals surface area contributed by atoms with E-state index in [-0.39, 0.29) is 5.78 Å². The number of ketones is 1. The molecular weight excluding hydrogens is 257 g/mol. The number of pyridine rings is 1. The molecule has 0 aliphatic rings. The third-order valence-corrected chi connectivity index (χ3v) is 2.79. The molecule has 0 spiro atoms. The Labute approximate surface area is 109 Å². The lowest BCUT2D eigenvalue weighted by molar-refractivity contribution is 0.0993. The number of carbonyl (C=O) groups excluding carboxylic acids is 1. The molecule has 1 aromatic heterocycles. The van der Waals surface area contributed by atoms with Crippen LogP contribution in [0.15, 0.2) is 42.6 Å². The highest BCUT2D eigenvalue weighted by Crippen LogP contribution is 2.13. The van der Waals surface area contributed by atoms with E-state index in [2.05, 4.69) is 4.98 Å². The van der Waals surface area contributed by atoms with Gasteiger partial charge in [-0.25, -0.2) is 4.98 Å². The number of hydrogen-bond donors (Lipinski definition) is 0. The summed E-state index contributed by atoms with van der Waals surface area (Å²) in [6.07, 6.45) is 1.86. The molecule has 0 bridgehead atoms. The molecule has 0 N–H and O–H groups in total. The summed E-state index contributed by atoms with van der Waals surface area (Å²) in [6.45, 7) is 0. The standard InChI is InChI=1S/C13H9Cl2NO/c14-11-3-1-9(2-4-11)7-12(17)10-5-6-16-13(15)8-10/h1-6,8H,7H2. The summed E-state index contributed by atoms with van der Waals surface area (Å²) in [7, 11) is 0. The Bertz CT molecular complexity index is 537. The molecule has 2 aromatic rings. The molecule has 0 unspecified atom stereocenters. The Hall–Kier alpha value is -1.38. The van der Waals surface area contributed by atoms with Gasteiger partial charge in [0.15, 0.2) is 5.78 Å². The molecule has 0 amide bonds. The maximum absolute atomic E-state index is 11.9. The molecule has 2 nitrogen and oxygen atoms in total. The zero-order chi connectivity index (χ0) is 12.3. The summed E-state index contributed by atoms with van der Waals surface area (Å²) in [6, 6.07) is 10.4. The number of hydrogen-bond acceptors (Lipinski definition) is 2. The molecule has 86 valence electrons. The normalized spacial score (nSPS) is 10.2. The molecular formula is C13H9Cl2NO. The minimum atomic E-state index is 0.0108. The second kappa shape index (κ2) is 5.30. The van der Waals surface area contributed by atoms with Gasteiger partial charge in [-0.2, -0.15) is 0 Å². The van der Waals surface area contributed by atoms with Crippen LogP contribution in [0.5, 0.6) is 0 Å². The lowest BCUT2D eigenvalue weighted by Crippen LogP contribution is -2.03. The SMILES string of the molecule is O=C(Cc1ccc(Cl)cc1)c1ccnc(Cl)c1. The molecule has 17 heavy (non-hydrogen) atoms. The van der Waals surface area contributed by atoms with Crippen molar-refractivity contribution >= 4 is 29.0 Å². The molecule has 2 rings (SSSR count). The molecule has 1 heterocycles. The number of Topliss-reactive ketones (excluding diaryl/α,β-unsaturated/α-hetero) is 1. The van der Waals surface area contributed by atoms with Gasteiger partial charge in [0.25, 0.3) is 0 Å². The average molecular weight is 266 g/mol. The maximum atomic E-state index is 11.9. The minimum absolute atomic E-state index is 0.0108. The first-order valence-corrected chi connectivity index (χ1v) is 5.80. The number of rotatable bonds is 3. The Morgan fingerprint density at radius 1 is 1.12 bits per heavy atom. The lowest BCUT2D eigenvalue weighted by Gasteiger charge is -2.02. The first-order chi connectivity index (χ1) is 8.15. The fourth-order valence-electron chi connectivity index (χ4n) is 1.47. The number of aromatic nitrogens is 1. The van der Waals surface area contributed by atoms with Crippen molar-refractivity contribution in [2.45, 2.75) is 6.42 Å². The lowest BCUT2D eigenvalue weighted by atomic mass is 10.0. The van der Waals surface area contributed by atoms with Gasteiger partial charge in [0.2, 0.25) is 0 Å². The molecule has 4 heteroatoms. The van der Waals surface area contributed by atoms with Crippen LogP contribution in [0.4, 0.5) is 0 Å². The van der Waals surface area contributed by atoms with E-state index in [1.165, 1.54) is 6.20 Å². The maximum Gasteiger partial charge on any atom is 0.167 e. The smallest absolute Gasteiger partial charge is 0.167 e. The zero-order valence-corrected chi connectivity index (χ0v) is 10.4. The largest absolute Gasteiger partial charge is 0.294 e. The molecule has 1 aromatic carbocycles. The topological polar surface area (TPSA) is 30.0 Å². The summed E-state index contributed by atoms with van der Waals surface area (Å²) in [5, 5.41) is 0.986. The van der Waals surface area contributed by atoms with E-state index in [0.717, 1.165) is 5.56 Å². The van der Waals surface area contributed by atoms with Crippen LogP contribution >= 0.6 is 23.2 Å². The Morgan fingerprint density at radius 2 is 1.82 bits per heavy atom. The van der Waals surface area contributed by atoms with Crippen molar-refractivity contribution in [3.05, 3.63) is 63.9 Å². The zero-order valence-electron chi connectivity index (χ0n) is 8.86. The molecule has 0 aliphatic heterocycles. The van der Waals surface area contributed by atoms with Gasteiger partial charge in [0.1, 0.15) is 5.15 Å². The van der Waals surface area contributed by atoms with Gasteiger partial charge in [-0.1, -0.05) is 35.3 Å². The van der Waals surface area contributed by atoms with Crippen LogP contribution in [-0.2, 0) is 6.42 Å². The van der Waals surface area contributed by atoms with E-state index in [0.29, 0.717) is 22.2 Å². The van der Waals surface area contributed by atoms with Gasteiger partial charge in [-0.3, -0.25) is 4.79 Å².